The number of fused-ring (bicyclic) bond motifs is 1. The number of hydrogen-bond donors (Lipinski definition) is 0. The van der Waals surface area contributed by atoms with Gasteiger partial charge in [0.05, 0.1) is 0 Å². The molecule has 0 bridgehead atoms. The monoisotopic (exact) mass is 277 g/mol. The summed E-state index contributed by atoms with van der Waals surface area (Å²) in [5.41, 5.74) is 0.242. The molecule has 0 radical (unpaired) electrons. The second-order valence-electron chi connectivity index (χ2n) is 2.37. The van der Waals surface area contributed by atoms with Crippen molar-refractivity contribution < 1.29 is 4.92 Å². The first kappa shape index (κ1) is 7.78. The van der Waals surface area contributed by atoms with Crippen molar-refractivity contribution in [2.45, 2.75) is 0 Å². The van der Waals surface area contributed by atoms with Gasteiger partial charge in [-0.2, -0.15) is 0 Å². The van der Waals surface area contributed by atoms with Crippen LogP contribution in [0.4, 0.5) is 5.69 Å². The molecule has 3 nitrogen and oxygen atoms in total. The van der Waals surface area contributed by atoms with Gasteiger partial charge in [0.25, 0.3) is 0 Å². The van der Waals surface area contributed by atoms with Gasteiger partial charge in [-0.15, -0.1) is 0 Å². The Labute approximate surface area is 78.4 Å². The van der Waals surface area contributed by atoms with Crippen molar-refractivity contribution in [1.82, 2.24) is 0 Å². The SMILES string of the molecule is O=[N+]([O-])c1cccc2[te]ccc12. The predicted molar refractivity (Wildman–Crippen MR) is 47.5 cm³/mol. The number of nitrogens with zero attached hydrogens (tertiary/aromatic N) is 1. The van der Waals surface area contributed by atoms with E-state index < -0.39 is 0 Å². The molecule has 1 heterocycles. The number of non-ortho nitro benzene ring substituents is 1. The van der Waals surface area contributed by atoms with Crippen LogP contribution in [0.5, 0.6) is 0 Å². The number of nitro benzene ring substituents is 1. The molecule has 0 amide bonds. The third kappa shape index (κ3) is 1.13. The van der Waals surface area contributed by atoms with Gasteiger partial charge in [0.1, 0.15) is 0 Å². The van der Waals surface area contributed by atoms with Crippen molar-refractivity contribution in [3.63, 3.8) is 0 Å². The zero-order valence-electron chi connectivity index (χ0n) is 6.06. The van der Waals surface area contributed by atoms with Gasteiger partial charge in [0.2, 0.25) is 0 Å². The van der Waals surface area contributed by atoms with Crippen LogP contribution in [-0.2, 0) is 0 Å². The molecule has 0 aliphatic heterocycles. The standard InChI is InChI=1S/C8H5NO2Te/c10-9(11)7-2-1-3-8-6(7)4-5-12-8/h1-5H. The molecule has 60 valence electrons. The van der Waals surface area contributed by atoms with Crippen molar-refractivity contribution in [3.05, 3.63) is 38.5 Å². The summed E-state index contributed by atoms with van der Waals surface area (Å²) in [5.74, 6) is 0. The molecule has 4 heteroatoms. The van der Waals surface area contributed by atoms with Crippen LogP contribution in [0.1, 0.15) is 0 Å². The van der Waals surface area contributed by atoms with E-state index in [1.807, 2.05) is 12.1 Å². The Balaban J connectivity index is 2.82. The van der Waals surface area contributed by atoms with E-state index in [-0.39, 0.29) is 31.0 Å². The molecule has 0 atom stereocenters. The first-order valence-electron chi connectivity index (χ1n) is 3.39. The van der Waals surface area contributed by atoms with Gasteiger partial charge in [-0.1, -0.05) is 0 Å². The summed E-state index contributed by atoms with van der Waals surface area (Å²) < 4.78 is 3.25. The Morgan fingerprint density at radius 3 is 2.92 bits per heavy atom. The molecular weight excluding hydrogens is 270 g/mol. The summed E-state index contributed by atoms with van der Waals surface area (Å²) in [6.45, 7) is 0. The van der Waals surface area contributed by atoms with Gasteiger partial charge in [0, 0.05) is 0 Å². The molecule has 0 fully saturated rings. The van der Waals surface area contributed by atoms with Crippen LogP contribution in [0.15, 0.2) is 28.3 Å². The van der Waals surface area contributed by atoms with Crippen LogP contribution in [-0.4, -0.2) is 25.4 Å². The van der Waals surface area contributed by atoms with Crippen LogP contribution in [0, 0.1) is 10.1 Å². The normalized spacial score (nSPS) is 10.3. The molecule has 1 aromatic carbocycles. The Morgan fingerprint density at radius 1 is 1.33 bits per heavy atom. The molecular formula is C8H5NO2Te. The Bertz CT molecular complexity index is 435. The van der Waals surface area contributed by atoms with Crippen molar-refractivity contribution in [2.75, 3.05) is 0 Å². The fourth-order valence-corrected chi connectivity index (χ4v) is 3.44. The molecule has 0 N–H and O–H groups in total. The quantitative estimate of drug-likeness (QED) is 0.452. The zero-order chi connectivity index (χ0) is 8.55. The van der Waals surface area contributed by atoms with E-state index in [9.17, 15) is 10.1 Å². The van der Waals surface area contributed by atoms with Crippen LogP contribution < -0.4 is 0 Å². The average Bonchev–Trinajstić information content (AvgIpc) is 2.49. The summed E-state index contributed by atoms with van der Waals surface area (Å²) in [6, 6.07) is 7.16. The second kappa shape index (κ2) is 2.89. The van der Waals surface area contributed by atoms with E-state index in [1.54, 1.807) is 12.1 Å². The fraction of sp³-hybridized carbons (Fsp3) is 0. The van der Waals surface area contributed by atoms with Crippen LogP contribution >= 0.6 is 0 Å². The van der Waals surface area contributed by atoms with Crippen LogP contribution in [0.25, 0.3) is 8.79 Å². The number of benzene rings is 1. The first-order chi connectivity index (χ1) is 5.79. The van der Waals surface area contributed by atoms with E-state index in [1.165, 1.54) is 3.40 Å². The van der Waals surface area contributed by atoms with Gasteiger partial charge < -0.3 is 0 Å². The van der Waals surface area contributed by atoms with E-state index >= 15 is 0 Å². The maximum atomic E-state index is 10.5. The molecule has 0 saturated heterocycles. The molecule has 1 aromatic heterocycles. The minimum absolute atomic E-state index is 0.242. The molecule has 0 spiro atoms. The van der Waals surface area contributed by atoms with Crippen LogP contribution in [0.3, 0.4) is 0 Å². The number of rotatable bonds is 1. The Morgan fingerprint density at radius 2 is 2.17 bits per heavy atom. The molecule has 2 rings (SSSR count). The van der Waals surface area contributed by atoms with Crippen LogP contribution in [0.2, 0.25) is 0 Å². The van der Waals surface area contributed by atoms with Crippen molar-refractivity contribution in [1.29, 1.82) is 0 Å². The van der Waals surface area contributed by atoms with Gasteiger partial charge in [-0.25, -0.2) is 0 Å². The summed E-state index contributed by atoms with van der Waals surface area (Å²) in [5, 5.41) is 11.4. The summed E-state index contributed by atoms with van der Waals surface area (Å²) in [4.78, 5) is 10.2. The predicted octanol–water partition coefficient (Wildman–Crippen LogP) is 1.80. The Kier molecular flexibility index (Phi) is 1.87. The molecule has 0 aliphatic rings. The third-order valence-electron chi connectivity index (χ3n) is 1.67. The van der Waals surface area contributed by atoms with Crippen molar-refractivity contribution in [3.8, 4) is 0 Å². The van der Waals surface area contributed by atoms with E-state index in [0.717, 1.165) is 5.39 Å². The molecule has 0 aliphatic carbocycles. The van der Waals surface area contributed by atoms with Gasteiger partial charge in [-0.05, 0) is 0 Å². The summed E-state index contributed by atoms with van der Waals surface area (Å²) in [6.07, 6.45) is 0. The minimum atomic E-state index is -0.318. The molecule has 0 unspecified atom stereocenters. The summed E-state index contributed by atoms with van der Waals surface area (Å²) >= 11 is -0.272. The molecule has 12 heavy (non-hydrogen) atoms. The van der Waals surface area contributed by atoms with E-state index in [4.69, 9.17) is 0 Å². The van der Waals surface area contributed by atoms with Crippen molar-refractivity contribution in [2.24, 2.45) is 0 Å². The van der Waals surface area contributed by atoms with E-state index in [0.29, 0.717) is 0 Å². The van der Waals surface area contributed by atoms with E-state index in [2.05, 4.69) is 4.08 Å². The van der Waals surface area contributed by atoms with Gasteiger partial charge in [0.15, 0.2) is 0 Å². The molecule has 2 aromatic rings. The Hall–Kier alpha value is -0.850. The number of hydrogen-bond acceptors (Lipinski definition) is 2. The summed E-state index contributed by atoms with van der Waals surface area (Å²) in [7, 11) is 0. The third-order valence-corrected chi connectivity index (χ3v) is 4.19. The van der Waals surface area contributed by atoms with Gasteiger partial charge >= 0.3 is 78.3 Å². The second-order valence-corrected chi connectivity index (χ2v) is 5.07. The average molecular weight is 275 g/mol. The first-order valence-corrected chi connectivity index (χ1v) is 5.91. The molecule has 0 saturated carbocycles. The zero-order valence-corrected chi connectivity index (χ0v) is 8.39. The topological polar surface area (TPSA) is 43.1 Å². The van der Waals surface area contributed by atoms with Gasteiger partial charge in [-0.3, -0.25) is 0 Å². The number of nitro groups is 1. The maximum absolute atomic E-state index is 10.5. The van der Waals surface area contributed by atoms with Crippen molar-refractivity contribution >= 4 is 34.9 Å². The fourth-order valence-electron chi connectivity index (χ4n) is 1.14.